The van der Waals surface area contributed by atoms with Gasteiger partial charge in [-0.2, -0.15) is 0 Å². The summed E-state index contributed by atoms with van der Waals surface area (Å²) in [6, 6.07) is 15.5. The Morgan fingerprint density at radius 1 is 1.04 bits per heavy atom. The number of nitrogens with zero attached hydrogens (tertiary/aromatic N) is 1. The second-order valence-electron chi connectivity index (χ2n) is 5.94. The molecule has 2 heteroatoms. The van der Waals surface area contributed by atoms with E-state index >= 15 is 0 Å². The van der Waals surface area contributed by atoms with E-state index in [9.17, 15) is 4.79 Å². The van der Waals surface area contributed by atoms with Gasteiger partial charge in [0, 0.05) is 18.2 Å². The standard InChI is InChI=1S/C22H21NO/c24-22(20-10-2-1-3-11-20)16-14-18-8-4-5-9-19(15-13-18)21-12-6-7-17-23-21/h1-12,15,17-18H,13-14,16H2/b8-4-,9-5-,19-15+. The van der Waals surface area contributed by atoms with Crippen LogP contribution in [0.25, 0.3) is 5.57 Å². The normalized spacial score (nSPS) is 21.8. The minimum Gasteiger partial charge on any atom is -0.294 e. The molecule has 2 nitrogen and oxygen atoms in total. The molecular formula is C22H21NO. The summed E-state index contributed by atoms with van der Waals surface area (Å²) in [4.78, 5) is 16.7. The van der Waals surface area contributed by atoms with Crippen molar-refractivity contribution in [3.8, 4) is 0 Å². The number of Topliss-reactive ketones (excluding diaryl/α,β-unsaturated/α-hetero) is 1. The van der Waals surface area contributed by atoms with E-state index in [0.29, 0.717) is 12.3 Å². The third-order valence-electron chi connectivity index (χ3n) is 4.21. The van der Waals surface area contributed by atoms with Gasteiger partial charge in [-0.15, -0.1) is 0 Å². The minimum atomic E-state index is 0.218. The Kier molecular flexibility index (Phi) is 5.52. The Morgan fingerprint density at radius 3 is 2.67 bits per heavy atom. The van der Waals surface area contributed by atoms with Gasteiger partial charge in [-0.3, -0.25) is 9.78 Å². The smallest absolute Gasteiger partial charge is 0.162 e. The van der Waals surface area contributed by atoms with Crippen LogP contribution in [0.4, 0.5) is 0 Å². The maximum absolute atomic E-state index is 12.3. The summed E-state index contributed by atoms with van der Waals surface area (Å²) >= 11 is 0. The van der Waals surface area contributed by atoms with Crippen molar-refractivity contribution in [2.75, 3.05) is 0 Å². The molecule has 0 N–H and O–H groups in total. The molecule has 0 aliphatic heterocycles. The van der Waals surface area contributed by atoms with Crippen molar-refractivity contribution in [3.63, 3.8) is 0 Å². The van der Waals surface area contributed by atoms with E-state index in [0.717, 1.165) is 29.7 Å². The number of hydrogen-bond donors (Lipinski definition) is 0. The molecule has 1 atom stereocenters. The SMILES string of the molecule is O=C(CCC1\C=C/C=C\C(c2ccccn2)=C/C1)c1ccccc1. The molecular weight excluding hydrogens is 294 g/mol. The van der Waals surface area contributed by atoms with Gasteiger partial charge in [0.05, 0.1) is 5.69 Å². The Labute approximate surface area is 143 Å². The molecule has 0 radical (unpaired) electrons. The lowest BCUT2D eigenvalue weighted by molar-refractivity contribution is 0.0976. The van der Waals surface area contributed by atoms with Crippen LogP contribution in [0.3, 0.4) is 0 Å². The zero-order valence-electron chi connectivity index (χ0n) is 13.6. The molecule has 1 aliphatic rings. The van der Waals surface area contributed by atoms with Gasteiger partial charge in [0.2, 0.25) is 0 Å². The van der Waals surface area contributed by atoms with Crippen molar-refractivity contribution in [2.45, 2.75) is 19.3 Å². The summed E-state index contributed by atoms with van der Waals surface area (Å²) in [7, 11) is 0. The zero-order valence-corrected chi connectivity index (χ0v) is 13.6. The Balaban J connectivity index is 1.63. The predicted octanol–water partition coefficient (Wildman–Crippen LogP) is 5.26. The van der Waals surface area contributed by atoms with Crippen LogP contribution >= 0.6 is 0 Å². The van der Waals surface area contributed by atoms with E-state index in [4.69, 9.17) is 0 Å². The van der Waals surface area contributed by atoms with Crippen LogP contribution in [0.5, 0.6) is 0 Å². The molecule has 2 aromatic rings. The molecule has 0 spiro atoms. The number of hydrogen-bond acceptors (Lipinski definition) is 2. The van der Waals surface area contributed by atoms with E-state index in [-0.39, 0.29) is 5.78 Å². The van der Waals surface area contributed by atoms with E-state index in [1.54, 1.807) is 0 Å². The highest BCUT2D eigenvalue weighted by Crippen LogP contribution is 2.22. The molecule has 1 unspecified atom stereocenters. The first-order valence-corrected chi connectivity index (χ1v) is 8.37. The molecule has 0 bridgehead atoms. The van der Waals surface area contributed by atoms with E-state index < -0.39 is 0 Å². The molecule has 24 heavy (non-hydrogen) atoms. The highest BCUT2D eigenvalue weighted by molar-refractivity contribution is 5.95. The number of aromatic nitrogens is 1. The Bertz CT molecular complexity index is 757. The van der Waals surface area contributed by atoms with Crippen molar-refractivity contribution in [1.82, 2.24) is 4.98 Å². The molecule has 1 aromatic carbocycles. The minimum absolute atomic E-state index is 0.218. The third-order valence-corrected chi connectivity index (χ3v) is 4.21. The zero-order chi connectivity index (χ0) is 16.6. The average Bonchev–Trinajstić information content (AvgIpc) is 2.62. The summed E-state index contributed by atoms with van der Waals surface area (Å²) < 4.78 is 0. The first kappa shape index (κ1) is 16.1. The van der Waals surface area contributed by atoms with E-state index in [2.05, 4.69) is 29.3 Å². The summed E-state index contributed by atoms with van der Waals surface area (Å²) in [6.07, 6.45) is 14.8. The topological polar surface area (TPSA) is 30.0 Å². The van der Waals surface area contributed by atoms with Crippen molar-refractivity contribution in [2.24, 2.45) is 5.92 Å². The largest absolute Gasteiger partial charge is 0.294 e. The summed E-state index contributed by atoms with van der Waals surface area (Å²) in [5.41, 5.74) is 2.93. The van der Waals surface area contributed by atoms with Crippen LogP contribution in [0.15, 0.2) is 85.1 Å². The molecule has 0 fully saturated rings. The Morgan fingerprint density at radius 2 is 1.88 bits per heavy atom. The fourth-order valence-electron chi connectivity index (χ4n) is 2.83. The van der Waals surface area contributed by atoms with Crippen LogP contribution in [-0.4, -0.2) is 10.8 Å². The fourth-order valence-corrected chi connectivity index (χ4v) is 2.83. The highest BCUT2D eigenvalue weighted by atomic mass is 16.1. The number of rotatable bonds is 5. The molecule has 0 saturated heterocycles. The number of pyridine rings is 1. The number of benzene rings is 1. The van der Waals surface area contributed by atoms with Crippen molar-refractivity contribution in [1.29, 1.82) is 0 Å². The first-order chi connectivity index (χ1) is 11.8. The van der Waals surface area contributed by atoms with Crippen molar-refractivity contribution in [3.05, 3.63) is 96.4 Å². The third kappa shape index (κ3) is 4.39. The fraction of sp³-hybridized carbons (Fsp3) is 0.182. The molecule has 0 saturated carbocycles. The van der Waals surface area contributed by atoms with Crippen molar-refractivity contribution >= 4 is 11.4 Å². The lowest BCUT2D eigenvalue weighted by Gasteiger charge is -2.12. The van der Waals surface area contributed by atoms with Crippen LogP contribution in [-0.2, 0) is 0 Å². The van der Waals surface area contributed by atoms with Gasteiger partial charge in [-0.25, -0.2) is 0 Å². The molecule has 120 valence electrons. The highest BCUT2D eigenvalue weighted by Gasteiger charge is 2.11. The maximum Gasteiger partial charge on any atom is 0.162 e. The van der Waals surface area contributed by atoms with Crippen LogP contribution in [0, 0.1) is 5.92 Å². The predicted molar refractivity (Wildman–Crippen MR) is 98.6 cm³/mol. The lowest BCUT2D eigenvalue weighted by Crippen LogP contribution is -2.04. The van der Waals surface area contributed by atoms with Gasteiger partial charge in [-0.1, -0.05) is 66.8 Å². The number of ketones is 1. The van der Waals surface area contributed by atoms with E-state index in [1.165, 1.54) is 0 Å². The van der Waals surface area contributed by atoms with Gasteiger partial charge in [-0.05, 0) is 36.5 Å². The molecule has 3 rings (SSSR count). The average molecular weight is 315 g/mol. The summed E-state index contributed by atoms with van der Waals surface area (Å²) in [5.74, 6) is 0.594. The van der Waals surface area contributed by atoms with Gasteiger partial charge >= 0.3 is 0 Å². The molecule has 1 heterocycles. The monoisotopic (exact) mass is 315 g/mol. The quantitative estimate of drug-likeness (QED) is 0.704. The molecule has 1 aromatic heterocycles. The maximum atomic E-state index is 12.3. The van der Waals surface area contributed by atoms with Crippen LogP contribution in [0.1, 0.15) is 35.3 Å². The van der Waals surface area contributed by atoms with Crippen molar-refractivity contribution < 1.29 is 4.79 Å². The van der Waals surface area contributed by atoms with Crippen LogP contribution in [0.2, 0.25) is 0 Å². The molecule has 0 amide bonds. The van der Waals surface area contributed by atoms with Crippen LogP contribution < -0.4 is 0 Å². The Hall–Kier alpha value is -2.74. The second-order valence-corrected chi connectivity index (χ2v) is 5.94. The van der Waals surface area contributed by atoms with Gasteiger partial charge in [0.25, 0.3) is 0 Å². The first-order valence-electron chi connectivity index (χ1n) is 8.37. The number of allylic oxidation sites excluding steroid dienone is 6. The van der Waals surface area contributed by atoms with E-state index in [1.807, 2.05) is 60.8 Å². The second kappa shape index (κ2) is 8.21. The number of carbonyl (C=O) groups excluding carboxylic acids is 1. The molecule has 1 aliphatic carbocycles. The summed E-state index contributed by atoms with van der Waals surface area (Å²) in [5, 5.41) is 0. The lowest BCUT2D eigenvalue weighted by atomic mass is 9.93. The van der Waals surface area contributed by atoms with Gasteiger partial charge in [0.15, 0.2) is 5.78 Å². The van der Waals surface area contributed by atoms with Gasteiger partial charge < -0.3 is 0 Å². The van der Waals surface area contributed by atoms with Gasteiger partial charge in [0.1, 0.15) is 0 Å². The summed E-state index contributed by atoms with van der Waals surface area (Å²) in [6.45, 7) is 0. The number of carbonyl (C=O) groups is 1.